The number of rotatable bonds is 8. The zero-order valence-corrected chi connectivity index (χ0v) is 18.7. The van der Waals surface area contributed by atoms with Crippen molar-refractivity contribution in [1.29, 1.82) is 0 Å². The Morgan fingerprint density at radius 3 is 2.66 bits per heavy atom. The van der Waals surface area contributed by atoms with E-state index >= 15 is 0 Å². The van der Waals surface area contributed by atoms with Crippen molar-refractivity contribution in [3.63, 3.8) is 0 Å². The number of thiazole rings is 1. The van der Waals surface area contributed by atoms with Gasteiger partial charge in [-0.15, -0.1) is 5.10 Å². The van der Waals surface area contributed by atoms with E-state index in [0.29, 0.717) is 27.7 Å². The predicted molar refractivity (Wildman–Crippen MR) is 124 cm³/mol. The Labute approximate surface area is 188 Å². The van der Waals surface area contributed by atoms with Gasteiger partial charge in [-0.05, 0) is 54.5 Å². The van der Waals surface area contributed by atoms with Crippen LogP contribution in [-0.2, 0) is 4.79 Å². The van der Waals surface area contributed by atoms with Gasteiger partial charge in [-0.2, -0.15) is 9.50 Å². The molecule has 7 nitrogen and oxygen atoms in total. The maximum atomic E-state index is 12.8. The summed E-state index contributed by atoms with van der Waals surface area (Å²) in [6.45, 7) is 4.21. The lowest BCUT2D eigenvalue weighted by Gasteiger charge is -2.05. The van der Waals surface area contributed by atoms with Crippen LogP contribution in [0.25, 0.3) is 22.4 Å². The average Bonchev–Trinajstić information content (AvgIpc) is 3.31. The van der Waals surface area contributed by atoms with Crippen molar-refractivity contribution in [2.75, 3.05) is 6.61 Å². The van der Waals surface area contributed by atoms with Gasteiger partial charge in [0.05, 0.1) is 11.1 Å². The highest BCUT2D eigenvalue weighted by Gasteiger charge is 2.12. The number of hydrogen-bond acceptors (Lipinski definition) is 7. The molecule has 32 heavy (non-hydrogen) atoms. The molecule has 4 rings (SSSR count). The number of unbranched alkanes of at least 4 members (excludes halogenated alkanes) is 2. The van der Waals surface area contributed by atoms with Crippen molar-refractivity contribution in [1.82, 2.24) is 14.6 Å². The number of hydrogen-bond donors (Lipinski definition) is 0. The van der Waals surface area contributed by atoms with E-state index in [9.17, 15) is 9.59 Å². The van der Waals surface area contributed by atoms with Crippen LogP contribution in [0.4, 0.5) is 0 Å². The Balaban J connectivity index is 1.55. The highest BCUT2D eigenvalue weighted by atomic mass is 32.1. The van der Waals surface area contributed by atoms with Crippen molar-refractivity contribution < 1.29 is 14.3 Å². The zero-order valence-electron chi connectivity index (χ0n) is 17.9. The van der Waals surface area contributed by atoms with E-state index < -0.39 is 5.97 Å². The normalized spacial score (nSPS) is 11.8. The molecule has 2 heterocycles. The van der Waals surface area contributed by atoms with E-state index in [4.69, 9.17) is 9.47 Å². The summed E-state index contributed by atoms with van der Waals surface area (Å²) in [6.07, 6.45) is 5.09. The first-order chi connectivity index (χ1) is 15.5. The second-order valence-corrected chi connectivity index (χ2v) is 8.30. The van der Waals surface area contributed by atoms with Crippen LogP contribution in [0.3, 0.4) is 0 Å². The first-order valence-corrected chi connectivity index (χ1v) is 11.3. The SMILES string of the molecule is CCCCCOc1ccc(-c2nc3s/c(=C/c4cccc(OC(C)=O)c4)c(=O)n3n2)cc1. The second kappa shape index (κ2) is 9.74. The van der Waals surface area contributed by atoms with E-state index in [0.717, 1.165) is 36.1 Å². The molecule has 0 fully saturated rings. The Kier molecular flexibility index (Phi) is 6.61. The lowest BCUT2D eigenvalue weighted by Crippen LogP contribution is -2.23. The zero-order chi connectivity index (χ0) is 22.5. The minimum absolute atomic E-state index is 0.238. The molecule has 0 N–H and O–H groups in total. The fraction of sp³-hybridized carbons (Fsp3) is 0.250. The summed E-state index contributed by atoms with van der Waals surface area (Å²) < 4.78 is 12.7. The van der Waals surface area contributed by atoms with Crippen LogP contribution >= 0.6 is 11.3 Å². The van der Waals surface area contributed by atoms with Gasteiger partial charge in [-0.25, -0.2) is 0 Å². The van der Waals surface area contributed by atoms with E-state index in [1.807, 2.05) is 30.3 Å². The average molecular weight is 450 g/mol. The molecular weight excluding hydrogens is 426 g/mol. The molecule has 0 radical (unpaired) electrons. The number of fused-ring (bicyclic) bond motifs is 1. The van der Waals surface area contributed by atoms with E-state index in [-0.39, 0.29) is 5.56 Å². The molecule has 0 spiro atoms. The fourth-order valence-electron chi connectivity index (χ4n) is 3.18. The molecule has 0 unspecified atom stereocenters. The van der Waals surface area contributed by atoms with Gasteiger partial charge in [0.1, 0.15) is 11.5 Å². The number of nitrogens with zero attached hydrogens (tertiary/aromatic N) is 3. The van der Waals surface area contributed by atoms with Crippen LogP contribution in [0.2, 0.25) is 0 Å². The highest BCUT2D eigenvalue weighted by Crippen LogP contribution is 2.21. The predicted octanol–water partition coefficient (Wildman–Crippen LogP) is 3.86. The third-order valence-corrected chi connectivity index (χ3v) is 5.69. The first-order valence-electron chi connectivity index (χ1n) is 10.5. The molecule has 0 atom stereocenters. The molecule has 0 aliphatic rings. The fourth-order valence-corrected chi connectivity index (χ4v) is 4.09. The van der Waals surface area contributed by atoms with E-state index in [1.165, 1.54) is 22.8 Å². The largest absolute Gasteiger partial charge is 0.494 e. The molecule has 4 aromatic rings. The topological polar surface area (TPSA) is 82.8 Å². The number of aromatic nitrogens is 3. The van der Waals surface area contributed by atoms with Gasteiger partial charge in [-0.1, -0.05) is 43.2 Å². The van der Waals surface area contributed by atoms with Crippen molar-refractivity contribution in [3.8, 4) is 22.9 Å². The molecule has 0 bridgehead atoms. The van der Waals surface area contributed by atoms with Gasteiger partial charge in [0, 0.05) is 12.5 Å². The summed E-state index contributed by atoms with van der Waals surface area (Å²) in [5, 5.41) is 4.39. The highest BCUT2D eigenvalue weighted by molar-refractivity contribution is 7.15. The molecule has 2 aromatic heterocycles. The standard InChI is InChI=1S/C24H23N3O4S/c1-3-4-5-13-30-19-11-9-18(10-12-19)22-25-24-27(26-22)23(29)21(32-24)15-17-7-6-8-20(14-17)31-16(2)28/h6-12,14-15H,3-5,13H2,1-2H3/b21-15+. The molecule has 0 amide bonds. The Hall–Kier alpha value is -3.52. The maximum absolute atomic E-state index is 12.8. The molecule has 2 aromatic carbocycles. The summed E-state index contributed by atoms with van der Waals surface area (Å²) in [6, 6.07) is 14.6. The van der Waals surface area contributed by atoms with Gasteiger partial charge < -0.3 is 9.47 Å². The smallest absolute Gasteiger partial charge is 0.308 e. The van der Waals surface area contributed by atoms with Gasteiger partial charge >= 0.3 is 5.97 Å². The second-order valence-electron chi connectivity index (χ2n) is 7.29. The number of carbonyl (C=O) groups excluding carboxylic acids is 1. The van der Waals surface area contributed by atoms with Crippen molar-refractivity contribution >= 4 is 28.3 Å². The Morgan fingerprint density at radius 1 is 1.12 bits per heavy atom. The summed E-state index contributed by atoms with van der Waals surface area (Å²) in [5.74, 6) is 1.34. The number of esters is 1. The summed E-state index contributed by atoms with van der Waals surface area (Å²) in [5.41, 5.74) is 1.33. The van der Waals surface area contributed by atoms with Crippen molar-refractivity contribution in [3.05, 3.63) is 69.0 Å². The van der Waals surface area contributed by atoms with Crippen LogP contribution in [0.15, 0.2) is 53.3 Å². The van der Waals surface area contributed by atoms with Crippen LogP contribution in [0, 0.1) is 0 Å². The minimum atomic E-state index is -0.394. The molecule has 0 aliphatic heterocycles. The molecule has 0 saturated heterocycles. The molecule has 0 aliphatic carbocycles. The molecule has 8 heteroatoms. The van der Waals surface area contributed by atoms with Crippen LogP contribution in [0.1, 0.15) is 38.7 Å². The Bertz CT molecular complexity index is 1340. The minimum Gasteiger partial charge on any atom is -0.494 e. The van der Waals surface area contributed by atoms with Gasteiger partial charge in [0.2, 0.25) is 4.96 Å². The van der Waals surface area contributed by atoms with Crippen molar-refractivity contribution in [2.24, 2.45) is 0 Å². The van der Waals surface area contributed by atoms with Crippen LogP contribution in [0.5, 0.6) is 11.5 Å². The van der Waals surface area contributed by atoms with Gasteiger partial charge in [0.15, 0.2) is 5.82 Å². The Morgan fingerprint density at radius 2 is 1.94 bits per heavy atom. The van der Waals surface area contributed by atoms with Gasteiger partial charge in [-0.3, -0.25) is 9.59 Å². The third kappa shape index (κ3) is 5.03. The summed E-state index contributed by atoms with van der Waals surface area (Å²) >= 11 is 1.26. The lowest BCUT2D eigenvalue weighted by molar-refractivity contribution is -0.131. The van der Waals surface area contributed by atoms with Crippen LogP contribution < -0.4 is 19.6 Å². The monoisotopic (exact) mass is 449 g/mol. The molecule has 0 saturated carbocycles. The molecular formula is C24H23N3O4S. The molecule has 164 valence electrons. The van der Waals surface area contributed by atoms with Crippen LogP contribution in [-0.4, -0.2) is 27.2 Å². The summed E-state index contributed by atoms with van der Waals surface area (Å²) in [7, 11) is 0. The summed E-state index contributed by atoms with van der Waals surface area (Å²) in [4.78, 5) is 29.0. The first kappa shape index (κ1) is 21.7. The number of carbonyl (C=O) groups is 1. The number of ether oxygens (including phenoxy) is 2. The maximum Gasteiger partial charge on any atom is 0.308 e. The van der Waals surface area contributed by atoms with E-state index in [1.54, 1.807) is 24.3 Å². The third-order valence-electron chi connectivity index (χ3n) is 4.73. The van der Waals surface area contributed by atoms with Gasteiger partial charge in [0.25, 0.3) is 5.56 Å². The lowest BCUT2D eigenvalue weighted by atomic mass is 10.2. The van der Waals surface area contributed by atoms with Crippen molar-refractivity contribution in [2.45, 2.75) is 33.1 Å². The number of benzene rings is 2. The quantitative estimate of drug-likeness (QED) is 0.231. The van der Waals surface area contributed by atoms with E-state index in [2.05, 4.69) is 17.0 Å².